The molecule has 0 aliphatic carbocycles. The third kappa shape index (κ3) is 4.38. The number of unbranched alkanes of at least 4 members (excludes halogenated alkanes) is 1. The van der Waals surface area contributed by atoms with Crippen LogP contribution in [0.15, 0.2) is 0 Å². The maximum Gasteiger partial charge on any atom is 0.0612 e. The van der Waals surface area contributed by atoms with E-state index in [1.54, 1.807) is 0 Å². The fourth-order valence-corrected chi connectivity index (χ4v) is 1.36. The van der Waals surface area contributed by atoms with Gasteiger partial charge < -0.3 is 0 Å². The van der Waals surface area contributed by atoms with Gasteiger partial charge in [0.1, 0.15) is 0 Å². The van der Waals surface area contributed by atoms with Gasteiger partial charge in [-0.3, -0.25) is 9.80 Å². The monoisotopic (exact) mass is 158 g/mol. The van der Waals surface area contributed by atoms with Crippen LogP contribution in [0, 0.1) is 0 Å². The molecule has 11 heavy (non-hydrogen) atoms. The molecule has 0 unspecified atom stereocenters. The predicted molar refractivity (Wildman–Crippen MR) is 50.7 cm³/mol. The molecule has 0 fully saturated rings. The fraction of sp³-hybridized carbons (Fsp3) is 1.00. The van der Waals surface area contributed by atoms with Gasteiger partial charge in [-0.25, -0.2) is 0 Å². The second-order valence-electron chi connectivity index (χ2n) is 3.55. The van der Waals surface area contributed by atoms with Crippen molar-refractivity contribution in [3.8, 4) is 0 Å². The highest BCUT2D eigenvalue weighted by Gasteiger charge is 2.11. The highest BCUT2D eigenvalue weighted by Crippen LogP contribution is 2.07. The summed E-state index contributed by atoms with van der Waals surface area (Å²) < 4.78 is 0. The Morgan fingerprint density at radius 3 is 1.73 bits per heavy atom. The zero-order valence-corrected chi connectivity index (χ0v) is 8.59. The molecule has 0 N–H and O–H groups in total. The molecule has 0 aromatic heterocycles. The minimum absolute atomic E-state index is 0.606. The minimum Gasteiger partial charge on any atom is -0.294 e. The van der Waals surface area contributed by atoms with Gasteiger partial charge in [-0.1, -0.05) is 19.8 Å². The third-order valence-corrected chi connectivity index (χ3v) is 2.01. The molecule has 0 aromatic rings. The standard InChI is InChI=1S/C9H22N2/c1-6-7-8-9(10(2)3)11(4)5/h9H,6-8H2,1-5H3. The number of nitrogens with zero attached hydrogens (tertiary/aromatic N) is 2. The van der Waals surface area contributed by atoms with E-state index in [9.17, 15) is 0 Å². The van der Waals surface area contributed by atoms with E-state index in [1.807, 2.05) is 0 Å². The quantitative estimate of drug-likeness (QED) is 0.561. The molecule has 0 atom stereocenters. The first kappa shape index (κ1) is 10.9. The van der Waals surface area contributed by atoms with Crippen molar-refractivity contribution in [2.45, 2.75) is 32.4 Å². The van der Waals surface area contributed by atoms with Crippen LogP contribution in [0.5, 0.6) is 0 Å². The van der Waals surface area contributed by atoms with E-state index in [0.717, 1.165) is 0 Å². The second-order valence-corrected chi connectivity index (χ2v) is 3.55. The van der Waals surface area contributed by atoms with Crippen LogP contribution in [0.4, 0.5) is 0 Å². The van der Waals surface area contributed by atoms with Gasteiger partial charge in [0.05, 0.1) is 6.17 Å². The first-order valence-corrected chi connectivity index (χ1v) is 4.42. The summed E-state index contributed by atoms with van der Waals surface area (Å²) in [5.41, 5.74) is 0. The molecule has 0 bridgehead atoms. The summed E-state index contributed by atoms with van der Waals surface area (Å²) in [4.78, 5) is 4.55. The third-order valence-electron chi connectivity index (χ3n) is 2.01. The molecule has 0 spiro atoms. The van der Waals surface area contributed by atoms with E-state index < -0.39 is 0 Å². The summed E-state index contributed by atoms with van der Waals surface area (Å²) in [5, 5.41) is 0. The van der Waals surface area contributed by atoms with Gasteiger partial charge >= 0.3 is 0 Å². The molecule has 0 saturated carbocycles. The van der Waals surface area contributed by atoms with Crippen LogP contribution < -0.4 is 0 Å². The van der Waals surface area contributed by atoms with Crippen LogP contribution in [0.3, 0.4) is 0 Å². The molecule has 2 nitrogen and oxygen atoms in total. The van der Waals surface area contributed by atoms with Gasteiger partial charge in [0, 0.05) is 0 Å². The SMILES string of the molecule is CCCCC(N(C)C)N(C)C. The van der Waals surface area contributed by atoms with Gasteiger partial charge in [0.2, 0.25) is 0 Å². The Labute approximate surface area is 71.2 Å². The molecular weight excluding hydrogens is 136 g/mol. The lowest BCUT2D eigenvalue weighted by Crippen LogP contribution is -2.40. The Bertz CT molecular complexity index is 81.6. The molecule has 0 aromatic carbocycles. The van der Waals surface area contributed by atoms with E-state index >= 15 is 0 Å². The van der Waals surface area contributed by atoms with Crippen molar-refractivity contribution in [3.63, 3.8) is 0 Å². The Morgan fingerprint density at radius 2 is 1.45 bits per heavy atom. The highest BCUT2D eigenvalue weighted by molar-refractivity contribution is 4.61. The maximum absolute atomic E-state index is 2.27. The van der Waals surface area contributed by atoms with Crippen LogP contribution in [0.25, 0.3) is 0 Å². The fourth-order valence-electron chi connectivity index (χ4n) is 1.36. The normalized spacial score (nSPS) is 12.0. The minimum atomic E-state index is 0.606. The Hall–Kier alpha value is -0.0800. The van der Waals surface area contributed by atoms with Gasteiger partial charge in [0.15, 0.2) is 0 Å². The summed E-state index contributed by atoms with van der Waals surface area (Å²) >= 11 is 0. The summed E-state index contributed by atoms with van der Waals surface area (Å²) in [7, 11) is 8.56. The first-order chi connectivity index (χ1) is 5.09. The van der Waals surface area contributed by atoms with Gasteiger partial charge in [-0.2, -0.15) is 0 Å². The Balaban J connectivity index is 3.70. The van der Waals surface area contributed by atoms with Crippen molar-refractivity contribution in [2.75, 3.05) is 28.2 Å². The largest absolute Gasteiger partial charge is 0.294 e. The van der Waals surface area contributed by atoms with E-state index in [-0.39, 0.29) is 0 Å². The molecule has 0 saturated heterocycles. The number of hydrogen-bond donors (Lipinski definition) is 0. The van der Waals surface area contributed by atoms with Crippen molar-refractivity contribution in [3.05, 3.63) is 0 Å². The van der Waals surface area contributed by atoms with Crippen molar-refractivity contribution >= 4 is 0 Å². The number of hydrogen-bond acceptors (Lipinski definition) is 2. The van der Waals surface area contributed by atoms with Crippen LogP contribution in [-0.4, -0.2) is 44.2 Å². The van der Waals surface area contributed by atoms with E-state index in [4.69, 9.17) is 0 Å². The average Bonchev–Trinajstić information content (AvgIpc) is 1.87. The summed E-state index contributed by atoms with van der Waals surface area (Å²) in [6.45, 7) is 2.24. The van der Waals surface area contributed by atoms with Crippen molar-refractivity contribution in [2.24, 2.45) is 0 Å². The smallest absolute Gasteiger partial charge is 0.0612 e. The summed E-state index contributed by atoms with van der Waals surface area (Å²) in [6, 6.07) is 0. The van der Waals surface area contributed by atoms with E-state index in [1.165, 1.54) is 19.3 Å². The zero-order chi connectivity index (χ0) is 8.85. The Kier molecular flexibility index (Phi) is 5.51. The lowest BCUT2D eigenvalue weighted by molar-refractivity contribution is 0.118. The van der Waals surface area contributed by atoms with E-state index in [0.29, 0.717) is 6.17 Å². The molecule has 0 aliphatic rings. The van der Waals surface area contributed by atoms with Gasteiger partial charge in [0.25, 0.3) is 0 Å². The highest BCUT2D eigenvalue weighted by atomic mass is 15.3. The lowest BCUT2D eigenvalue weighted by Gasteiger charge is -2.30. The molecule has 0 aliphatic heterocycles. The lowest BCUT2D eigenvalue weighted by atomic mass is 10.2. The van der Waals surface area contributed by atoms with Crippen LogP contribution in [0.2, 0.25) is 0 Å². The van der Waals surface area contributed by atoms with Gasteiger partial charge in [-0.05, 0) is 34.6 Å². The molecule has 0 rings (SSSR count). The van der Waals surface area contributed by atoms with Crippen molar-refractivity contribution in [1.82, 2.24) is 9.80 Å². The molecule has 68 valence electrons. The maximum atomic E-state index is 2.27. The van der Waals surface area contributed by atoms with Crippen molar-refractivity contribution in [1.29, 1.82) is 0 Å². The Morgan fingerprint density at radius 1 is 1.00 bits per heavy atom. The summed E-state index contributed by atoms with van der Waals surface area (Å²) in [6.07, 6.45) is 4.49. The van der Waals surface area contributed by atoms with Crippen LogP contribution >= 0.6 is 0 Å². The number of rotatable bonds is 5. The van der Waals surface area contributed by atoms with Gasteiger partial charge in [-0.15, -0.1) is 0 Å². The topological polar surface area (TPSA) is 6.48 Å². The van der Waals surface area contributed by atoms with E-state index in [2.05, 4.69) is 44.9 Å². The predicted octanol–water partition coefficient (Wildman–Crippen LogP) is 1.63. The van der Waals surface area contributed by atoms with Crippen LogP contribution in [-0.2, 0) is 0 Å². The first-order valence-electron chi connectivity index (χ1n) is 4.42. The summed E-state index contributed by atoms with van der Waals surface area (Å²) in [5.74, 6) is 0. The molecule has 0 radical (unpaired) electrons. The molecular formula is C9H22N2. The van der Waals surface area contributed by atoms with Crippen LogP contribution in [0.1, 0.15) is 26.2 Å². The van der Waals surface area contributed by atoms with Crippen molar-refractivity contribution < 1.29 is 0 Å². The molecule has 0 amide bonds. The zero-order valence-electron chi connectivity index (χ0n) is 8.59. The molecule has 2 heteroatoms. The second kappa shape index (κ2) is 5.56. The average molecular weight is 158 g/mol. The molecule has 0 heterocycles.